The van der Waals surface area contributed by atoms with Crippen molar-refractivity contribution in [3.63, 3.8) is 0 Å². The van der Waals surface area contributed by atoms with E-state index >= 15 is 0 Å². The molecule has 2 aromatic rings. The van der Waals surface area contributed by atoms with Gasteiger partial charge < -0.3 is 5.11 Å². The maximum Gasteiger partial charge on any atom is 0.243 e. The first-order chi connectivity index (χ1) is 14.8. The molecule has 0 atom stereocenters. The minimum absolute atomic E-state index is 0.00150. The van der Waals surface area contributed by atoms with Crippen LogP contribution in [0.1, 0.15) is 57.7 Å². The molecule has 0 saturated carbocycles. The van der Waals surface area contributed by atoms with Crippen molar-refractivity contribution in [2.45, 2.75) is 64.8 Å². The van der Waals surface area contributed by atoms with E-state index in [0.29, 0.717) is 43.4 Å². The number of aromatic hydroxyl groups is 1. The summed E-state index contributed by atoms with van der Waals surface area (Å²) in [6.07, 6.45) is 1.04. The Labute approximate surface area is 194 Å². The molecule has 0 bridgehead atoms. The van der Waals surface area contributed by atoms with E-state index in [1.165, 1.54) is 5.56 Å². The Morgan fingerprint density at radius 1 is 0.906 bits per heavy atom. The number of benzene rings is 2. The van der Waals surface area contributed by atoms with Gasteiger partial charge in [0.1, 0.15) is 5.75 Å². The lowest BCUT2D eigenvalue weighted by Gasteiger charge is -2.35. The summed E-state index contributed by atoms with van der Waals surface area (Å²) in [6.45, 7) is 16.0. The second-order valence-electron chi connectivity index (χ2n) is 11.0. The number of rotatable bonds is 6. The van der Waals surface area contributed by atoms with Crippen LogP contribution >= 0.6 is 0 Å². The summed E-state index contributed by atoms with van der Waals surface area (Å²) < 4.78 is 27.5. The van der Waals surface area contributed by atoms with Crippen LogP contribution in [0, 0.1) is 12.3 Å². The molecule has 1 saturated heterocycles. The molecule has 0 aromatic heterocycles. The fourth-order valence-electron chi connectivity index (χ4n) is 4.79. The van der Waals surface area contributed by atoms with Gasteiger partial charge in [-0.1, -0.05) is 64.4 Å². The lowest BCUT2D eigenvalue weighted by molar-refractivity contribution is 0.180. The molecule has 0 radical (unpaired) electrons. The van der Waals surface area contributed by atoms with Crippen molar-refractivity contribution in [1.29, 1.82) is 0 Å². The molecule has 1 fully saturated rings. The van der Waals surface area contributed by atoms with E-state index in [1.807, 2.05) is 25.1 Å². The van der Waals surface area contributed by atoms with Gasteiger partial charge in [0.2, 0.25) is 10.0 Å². The molecule has 1 aliphatic heterocycles. The standard InChI is InChI=1S/C26H38N2O3S/c1-20-7-10-23(11-8-20)32(30,31)28-15-13-27(14-16-28)18-21-17-22(9-12-24(21)29)26(5,6)19-25(2,3)4/h7-12,17,29H,13-16,18-19H2,1-6H3. The molecule has 6 heteroatoms. The van der Waals surface area contributed by atoms with E-state index in [4.69, 9.17) is 0 Å². The highest BCUT2D eigenvalue weighted by Gasteiger charge is 2.30. The molecule has 0 unspecified atom stereocenters. The largest absolute Gasteiger partial charge is 0.508 e. The summed E-state index contributed by atoms with van der Waals surface area (Å²) in [5.74, 6) is 0.301. The van der Waals surface area contributed by atoms with Crippen LogP contribution in [0.25, 0.3) is 0 Å². The molecule has 3 rings (SSSR count). The van der Waals surface area contributed by atoms with Gasteiger partial charge in [0.05, 0.1) is 4.90 Å². The Kier molecular flexibility index (Phi) is 7.08. The van der Waals surface area contributed by atoms with Gasteiger partial charge in [-0.3, -0.25) is 4.90 Å². The topological polar surface area (TPSA) is 60.9 Å². The molecule has 2 aromatic carbocycles. The van der Waals surface area contributed by atoms with Gasteiger partial charge in [-0.15, -0.1) is 0 Å². The molecule has 1 aliphatic rings. The predicted octanol–water partition coefficient (Wildman–Crippen LogP) is 4.92. The first-order valence-electron chi connectivity index (χ1n) is 11.4. The third-order valence-corrected chi connectivity index (χ3v) is 8.13. The van der Waals surface area contributed by atoms with Gasteiger partial charge in [0, 0.05) is 38.3 Å². The lowest BCUT2D eigenvalue weighted by atomic mass is 9.72. The van der Waals surface area contributed by atoms with Crippen molar-refractivity contribution in [3.8, 4) is 5.75 Å². The van der Waals surface area contributed by atoms with E-state index in [-0.39, 0.29) is 10.8 Å². The summed E-state index contributed by atoms with van der Waals surface area (Å²) >= 11 is 0. The Balaban J connectivity index is 1.68. The number of aryl methyl sites for hydroxylation is 1. The van der Waals surface area contributed by atoms with E-state index < -0.39 is 10.0 Å². The fraction of sp³-hybridized carbons (Fsp3) is 0.538. The average Bonchev–Trinajstić information content (AvgIpc) is 2.68. The number of nitrogens with zero attached hydrogens (tertiary/aromatic N) is 2. The summed E-state index contributed by atoms with van der Waals surface area (Å²) in [6, 6.07) is 13.0. The molecule has 0 aliphatic carbocycles. The highest BCUT2D eigenvalue weighted by atomic mass is 32.2. The fourth-order valence-corrected chi connectivity index (χ4v) is 6.21. The van der Waals surface area contributed by atoms with Crippen molar-refractivity contribution in [2.75, 3.05) is 26.2 Å². The van der Waals surface area contributed by atoms with Gasteiger partial charge in [0.25, 0.3) is 0 Å². The highest BCUT2D eigenvalue weighted by molar-refractivity contribution is 7.89. The Bertz CT molecular complexity index is 1030. The van der Waals surface area contributed by atoms with E-state index in [9.17, 15) is 13.5 Å². The molecular weight excluding hydrogens is 420 g/mol. The minimum Gasteiger partial charge on any atom is -0.508 e. The normalized spacial score (nSPS) is 16.9. The van der Waals surface area contributed by atoms with Crippen molar-refractivity contribution in [1.82, 2.24) is 9.21 Å². The average molecular weight is 459 g/mol. The molecule has 1 N–H and O–H groups in total. The Morgan fingerprint density at radius 2 is 1.50 bits per heavy atom. The van der Waals surface area contributed by atoms with Gasteiger partial charge in [-0.05, 0) is 47.9 Å². The molecular formula is C26H38N2O3S. The maximum absolute atomic E-state index is 13.0. The van der Waals surface area contributed by atoms with Crippen LogP contribution in [-0.2, 0) is 22.0 Å². The number of hydrogen-bond acceptors (Lipinski definition) is 4. The second kappa shape index (κ2) is 9.16. The summed E-state index contributed by atoms with van der Waals surface area (Å²) in [4.78, 5) is 2.57. The molecule has 0 spiro atoms. The minimum atomic E-state index is -3.47. The first-order valence-corrected chi connectivity index (χ1v) is 12.8. The zero-order chi connectivity index (χ0) is 23.7. The van der Waals surface area contributed by atoms with Crippen LogP contribution in [0.2, 0.25) is 0 Å². The monoisotopic (exact) mass is 458 g/mol. The van der Waals surface area contributed by atoms with Crippen LogP contribution < -0.4 is 0 Å². The van der Waals surface area contributed by atoms with Crippen molar-refractivity contribution in [2.24, 2.45) is 5.41 Å². The third-order valence-electron chi connectivity index (χ3n) is 6.22. The number of sulfonamides is 1. The number of hydrogen-bond donors (Lipinski definition) is 1. The summed E-state index contributed by atoms with van der Waals surface area (Å²) in [5, 5.41) is 10.5. The van der Waals surface area contributed by atoms with Crippen molar-refractivity contribution in [3.05, 3.63) is 59.2 Å². The van der Waals surface area contributed by atoms with Crippen LogP contribution in [0.3, 0.4) is 0 Å². The quantitative estimate of drug-likeness (QED) is 0.667. The van der Waals surface area contributed by atoms with E-state index in [0.717, 1.165) is 17.5 Å². The van der Waals surface area contributed by atoms with E-state index in [2.05, 4.69) is 45.6 Å². The van der Waals surface area contributed by atoms with Crippen molar-refractivity contribution < 1.29 is 13.5 Å². The molecule has 0 amide bonds. The summed E-state index contributed by atoms with van der Waals surface area (Å²) in [5.41, 5.74) is 3.38. The summed E-state index contributed by atoms with van der Waals surface area (Å²) in [7, 11) is -3.47. The van der Waals surface area contributed by atoms with Gasteiger partial charge in [-0.25, -0.2) is 8.42 Å². The third kappa shape index (κ3) is 5.91. The van der Waals surface area contributed by atoms with Crippen molar-refractivity contribution >= 4 is 10.0 Å². The smallest absolute Gasteiger partial charge is 0.243 e. The molecule has 5 nitrogen and oxygen atoms in total. The van der Waals surface area contributed by atoms with Crippen LogP contribution in [-0.4, -0.2) is 48.9 Å². The number of phenolic OH excluding ortho intramolecular Hbond substituents is 1. The lowest BCUT2D eigenvalue weighted by Crippen LogP contribution is -2.48. The number of phenols is 1. The van der Waals surface area contributed by atoms with Gasteiger partial charge >= 0.3 is 0 Å². The van der Waals surface area contributed by atoms with Gasteiger partial charge in [0.15, 0.2) is 0 Å². The Hall–Kier alpha value is -1.89. The molecule has 32 heavy (non-hydrogen) atoms. The maximum atomic E-state index is 13.0. The first kappa shape index (κ1) is 24.7. The molecule has 1 heterocycles. The van der Waals surface area contributed by atoms with Crippen LogP contribution in [0.5, 0.6) is 5.75 Å². The molecule has 176 valence electrons. The zero-order valence-electron chi connectivity index (χ0n) is 20.4. The SMILES string of the molecule is Cc1ccc(S(=O)(=O)N2CCN(Cc3cc(C(C)(C)CC(C)(C)C)ccc3O)CC2)cc1. The second-order valence-corrected chi connectivity index (χ2v) is 12.9. The van der Waals surface area contributed by atoms with E-state index in [1.54, 1.807) is 22.5 Å². The van der Waals surface area contributed by atoms with Crippen LogP contribution in [0.15, 0.2) is 47.4 Å². The highest BCUT2D eigenvalue weighted by Crippen LogP contribution is 2.37. The van der Waals surface area contributed by atoms with Crippen LogP contribution in [0.4, 0.5) is 0 Å². The predicted molar refractivity (Wildman–Crippen MR) is 130 cm³/mol. The zero-order valence-corrected chi connectivity index (χ0v) is 21.2. The van der Waals surface area contributed by atoms with Gasteiger partial charge in [-0.2, -0.15) is 4.31 Å². The Morgan fingerprint density at radius 3 is 2.06 bits per heavy atom. The number of piperazine rings is 1.